The molecule has 0 unspecified atom stereocenters. The average molecular weight is 346 g/mol. The number of hydrogen-bond donors (Lipinski definition) is 0. The van der Waals surface area contributed by atoms with Gasteiger partial charge in [0.05, 0.1) is 11.8 Å². The minimum absolute atomic E-state index is 0.215. The Morgan fingerprint density at radius 3 is 1.25 bits per heavy atom. The zero-order chi connectivity index (χ0) is 19.0. The van der Waals surface area contributed by atoms with Crippen molar-refractivity contribution >= 4 is 11.9 Å². The van der Waals surface area contributed by atoms with Crippen molar-refractivity contribution < 1.29 is 29.1 Å². The normalized spacial score (nSPS) is 12.6. The Labute approximate surface area is 146 Å². The highest BCUT2D eigenvalue weighted by Gasteiger charge is 2.26. The molecule has 0 saturated carbocycles. The van der Waals surface area contributed by atoms with Crippen molar-refractivity contribution in [3.63, 3.8) is 0 Å². The van der Waals surface area contributed by atoms with E-state index in [1.807, 2.05) is 27.7 Å². The van der Waals surface area contributed by atoms with E-state index in [1.165, 1.54) is 0 Å². The van der Waals surface area contributed by atoms with Gasteiger partial charge in [-0.1, -0.05) is 40.5 Å². The van der Waals surface area contributed by atoms with Crippen LogP contribution in [0.25, 0.3) is 0 Å². The summed E-state index contributed by atoms with van der Waals surface area (Å²) in [6.07, 6.45) is 3.22. The van der Waals surface area contributed by atoms with Gasteiger partial charge in [-0.15, -0.1) is 0 Å². The third-order valence-corrected chi connectivity index (χ3v) is 3.45. The molecule has 0 aliphatic heterocycles. The van der Waals surface area contributed by atoms with Crippen LogP contribution in [0.3, 0.4) is 0 Å². The summed E-state index contributed by atoms with van der Waals surface area (Å²) < 4.78 is 0. The fourth-order valence-electron chi connectivity index (χ4n) is 1.68. The molecule has 0 rings (SSSR count). The van der Waals surface area contributed by atoms with Crippen LogP contribution in [-0.2, 0) is 29.1 Å². The van der Waals surface area contributed by atoms with E-state index in [9.17, 15) is 9.59 Å². The number of carbonyl (C=O) groups is 2. The Hall–Kier alpha value is -1.14. The van der Waals surface area contributed by atoms with Gasteiger partial charge in [-0.2, -0.15) is 9.78 Å². The summed E-state index contributed by atoms with van der Waals surface area (Å²) >= 11 is 0. The molecule has 142 valence electrons. The predicted octanol–water partition coefficient (Wildman–Crippen LogP) is 4.37. The first-order valence-corrected chi connectivity index (χ1v) is 8.65. The van der Waals surface area contributed by atoms with Crippen molar-refractivity contribution in [2.75, 3.05) is 0 Å². The SMILES string of the molecule is CC(C)C(=O)OOC(C)(C)CCCCC(C)(C)OOC(=O)C(C)C. The van der Waals surface area contributed by atoms with Crippen LogP contribution < -0.4 is 0 Å². The fourth-order valence-corrected chi connectivity index (χ4v) is 1.68. The Morgan fingerprint density at radius 1 is 0.708 bits per heavy atom. The second kappa shape index (κ2) is 9.99. The molecule has 0 heterocycles. The Morgan fingerprint density at radius 2 is 1.00 bits per heavy atom. The van der Waals surface area contributed by atoms with Crippen LogP contribution in [-0.4, -0.2) is 23.1 Å². The summed E-state index contributed by atoms with van der Waals surface area (Å²) in [5.41, 5.74) is -1.08. The first-order chi connectivity index (χ1) is 10.9. The average Bonchev–Trinajstić information content (AvgIpc) is 2.46. The molecule has 0 saturated heterocycles. The van der Waals surface area contributed by atoms with Crippen molar-refractivity contribution in [3.05, 3.63) is 0 Å². The number of unbranched alkanes of at least 4 members (excludes halogenated alkanes) is 1. The third kappa shape index (κ3) is 10.6. The van der Waals surface area contributed by atoms with Gasteiger partial charge in [0.2, 0.25) is 0 Å². The fraction of sp³-hybridized carbons (Fsp3) is 0.889. The summed E-state index contributed by atoms with van der Waals surface area (Å²) in [5.74, 6) is -1.17. The summed E-state index contributed by atoms with van der Waals surface area (Å²) in [6, 6.07) is 0. The van der Waals surface area contributed by atoms with E-state index in [2.05, 4.69) is 0 Å². The summed E-state index contributed by atoms with van der Waals surface area (Å²) in [5, 5.41) is 0. The lowest BCUT2D eigenvalue weighted by atomic mass is 9.96. The summed E-state index contributed by atoms with van der Waals surface area (Å²) in [4.78, 5) is 43.0. The number of rotatable bonds is 11. The first-order valence-electron chi connectivity index (χ1n) is 8.65. The minimum atomic E-state index is -0.542. The lowest BCUT2D eigenvalue weighted by Gasteiger charge is -2.25. The summed E-state index contributed by atoms with van der Waals surface area (Å²) in [6.45, 7) is 14.6. The molecule has 0 spiro atoms. The van der Waals surface area contributed by atoms with Gasteiger partial charge in [0.15, 0.2) is 0 Å². The minimum Gasteiger partial charge on any atom is -0.298 e. The molecular formula is C18H34O6. The molecule has 0 N–H and O–H groups in total. The van der Waals surface area contributed by atoms with E-state index in [0.717, 1.165) is 25.7 Å². The second-order valence-corrected chi connectivity index (χ2v) is 8.01. The van der Waals surface area contributed by atoms with Crippen LogP contribution in [0.5, 0.6) is 0 Å². The topological polar surface area (TPSA) is 71.1 Å². The van der Waals surface area contributed by atoms with E-state index in [4.69, 9.17) is 19.6 Å². The lowest BCUT2D eigenvalue weighted by molar-refractivity contribution is -0.331. The van der Waals surface area contributed by atoms with Crippen molar-refractivity contribution in [2.45, 2.75) is 92.3 Å². The second-order valence-electron chi connectivity index (χ2n) is 8.01. The van der Waals surface area contributed by atoms with E-state index < -0.39 is 11.2 Å². The highest BCUT2D eigenvalue weighted by Crippen LogP contribution is 2.24. The molecule has 0 aromatic carbocycles. The molecule has 0 aromatic heterocycles. The lowest BCUT2D eigenvalue weighted by Crippen LogP contribution is -2.29. The molecule has 24 heavy (non-hydrogen) atoms. The van der Waals surface area contributed by atoms with Gasteiger partial charge < -0.3 is 0 Å². The Bertz CT molecular complexity index is 360. The van der Waals surface area contributed by atoms with Crippen molar-refractivity contribution in [1.82, 2.24) is 0 Å². The smallest absolute Gasteiger partial charge is 0.298 e. The molecule has 0 bridgehead atoms. The molecule has 0 fully saturated rings. The molecule has 0 aromatic rings. The molecule has 0 amide bonds. The predicted molar refractivity (Wildman–Crippen MR) is 90.7 cm³/mol. The molecule has 0 radical (unpaired) electrons. The van der Waals surface area contributed by atoms with Crippen LogP contribution in [0.15, 0.2) is 0 Å². The Kier molecular flexibility index (Phi) is 9.51. The van der Waals surface area contributed by atoms with E-state index in [-0.39, 0.29) is 23.8 Å². The van der Waals surface area contributed by atoms with Gasteiger partial charge in [0.25, 0.3) is 0 Å². The highest BCUT2D eigenvalue weighted by molar-refractivity contribution is 5.71. The van der Waals surface area contributed by atoms with E-state index in [0.29, 0.717) is 0 Å². The van der Waals surface area contributed by atoms with Crippen LogP contribution >= 0.6 is 0 Å². The van der Waals surface area contributed by atoms with Gasteiger partial charge in [0.1, 0.15) is 11.2 Å². The molecule has 0 atom stereocenters. The zero-order valence-corrected chi connectivity index (χ0v) is 16.4. The third-order valence-electron chi connectivity index (χ3n) is 3.45. The molecular weight excluding hydrogens is 312 g/mol. The van der Waals surface area contributed by atoms with Crippen molar-refractivity contribution in [1.29, 1.82) is 0 Å². The highest BCUT2D eigenvalue weighted by atomic mass is 17.2. The number of hydrogen-bond acceptors (Lipinski definition) is 6. The molecule has 0 aliphatic carbocycles. The summed E-state index contributed by atoms with van der Waals surface area (Å²) in [7, 11) is 0. The van der Waals surface area contributed by atoms with Gasteiger partial charge in [0, 0.05) is 0 Å². The van der Waals surface area contributed by atoms with Gasteiger partial charge >= 0.3 is 11.9 Å². The maximum absolute atomic E-state index is 11.4. The molecule has 6 heteroatoms. The van der Waals surface area contributed by atoms with Crippen LogP contribution in [0.1, 0.15) is 81.1 Å². The van der Waals surface area contributed by atoms with Crippen molar-refractivity contribution in [3.8, 4) is 0 Å². The standard InChI is InChI=1S/C18H34O6/c1-13(2)15(19)21-23-17(5,6)11-9-10-12-18(7,8)24-22-16(20)14(3)4/h13-14H,9-12H2,1-8H3. The van der Waals surface area contributed by atoms with Crippen LogP contribution in [0.4, 0.5) is 0 Å². The van der Waals surface area contributed by atoms with Crippen LogP contribution in [0.2, 0.25) is 0 Å². The van der Waals surface area contributed by atoms with E-state index >= 15 is 0 Å². The molecule has 6 nitrogen and oxygen atoms in total. The van der Waals surface area contributed by atoms with Gasteiger partial charge in [-0.25, -0.2) is 9.59 Å². The van der Waals surface area contributed by atoms with E-state index in [1.54, 1.807) is 27.7 Å². The maximum Gasteiger partial charge on any atom is 0.344 e. The van der Waals surface area contributed by atoms with Crippen molar-refractivity contribution in [2.24, 2.45) is 11.8 Å². The quantitative estimate of drug-likeness (QED) is 0.314. The Balaban J connectivity index is 4.04. The molecule has 0 aliphatic rings. The first kappa shape index (κ1) is 22.9. The van der Waals surface area contributed by atoms with Gasteiger partial charge in [-0.05, 0) is 40.5 Å². The van der Waals surface area contributed by atoms with Crippen LogP contribution in [0, 0.1) is 11.8 Å². The van der Waals surface area contributed by atoms with Gasteiger partial charge in [-0.3, -0.25) is 9.78 Å². The monoisotopic (exact) mass is 346 g/mol. The largest absolute Gasteiger partial charge is 0.344 e. The number of carbonyl (C=O) groups excluding carboxylic acids is 2. The zero-order valence-electron chi connectivity index (χ0n) is 16.4. The maximum atomic E-state index is 11.4.